The van der Waals surface area contributed by atoms with Gasteiger partial charge in [0.15, 0.2) is 0 Å². The molecule has 1 aromatic heterocycles. The van der Waals surface area contributed by atoms with Gasteiger partial charge >= 0.3 is 0 Å². The van der Waals surface area contributed by atoms with Crippen LogP contribution in [-0.4, -0.2) is 29.9 Å². The molecular formula is C14H16N4O2. The molecule has 2 aromatic rings. The second-order valence-electron chi connectivity index (χ2n) is 4.35. The molecule has 6 heteroatoms. The molecule has 0 unspecified atom stereocenters. The number of benzene rings is 1. The van der Waals surface area contributed by atoms with E-state index < -0.39 is 0 Å². The van der Waals surface area contributed by atoms with Crippen LogP contribution in [0.2, 0.25) is 0 Å². The van der Waals surface area contributed by atoms with Gasteiger partial charge in [0.2, 0.25) is 5.91 Å². The molecule has 104 valence electrons. The molecule has 2 rings (SSSR count). The van der Waals surface area contributed by atoms with Gasteiger partial charge in [0.25, 0.3) is 5.91 Å². The number of nitrogen functional groups attached to an aromatic ring is 1. The van der Waals surface area contributed by atoms with Crippen molar-refractivity contribution in [2.24, 2.45) is 0 Å². The summed E-state index contributed by atoms with van der Waals surface area (Å²) >= 11 is 0. The molecular weight excluding hydrogens is 256 g/mol. The number of carbonyl (C=O) groups is 2. The largest absolute Gasteiger partial charge is 0.383 e. The van der Waals surface area contributed by atoms with Crippen LogP contribution in [0.5, 0.6) is 0 Å². The van der Waals surface area contributed by atoms with E-state index >= 15 is 0 Å². The summed E-state index contributed by atoms with van der Waals surface area (Å²) in [4.78, 5) is 26.7. The Kier molecular flexibility index (Phi) is 4.14. The van der Waals surface area contributed by atoms with E-state index in [1.807, 2.05) is 24.3 Å². The molecule has 1 heterocycles. The number of rotatable bonds is 4. The average molecular weight is 272 g/mol. The first-order valence-electron chi connectivity index (χ1n) is 6.26. The monoisotopic (exact) mass is 272 g/mol. The Morgan fingerprint density at radius 2 is 1.90 bits per heavy atom. The molecule has 0 atom stereocenters. The number of anilines is 1. The summed E-state index contributed by atoms with van der Waals surface area (Å²) in [5.74, 6) is -0.116. The fourth-order valence-corrected chi connectivity index (χ4v) is 1.85. The number of hydrogen-bond acceptors (Lipinski definition) is 4. The van der Waals surface area contributed by atoms with Crippen LogP contribution in [0, 0.1) is 0 Å². The van der Waals surface area contributed by atoms with Gasteiger partial charge in [0.1, 0.15) is 11.5 Å². The van der Waals surface area contributed by atoms with Crippen LogP contribution in [-0.2, 0) is 4.79 Å². The lowest BCUT2D eigenvalue weighted by Crippen LogP contribution is -2.34. The third-order valence-electron chi connectivity index (χ3n) is 2.79. The Morgan fingerprint density at radius 1 is 1.20 bits per heavy atom. The number of fused-ring (bicyclic) bond motifs is 1. The lowest BCUT2D eigenvalue weighted by atomic mass is 10.1. The average Bonchev–Trinajstić information content (AvgIpc) is 2.43. The summed E-state index contributed by atoms with van der Waals surface area (Å²) in [6.45, 7) is 2.14. The fourth-order valence-electron chi connectivity index (χ4n) is 1.85. The van der Waals surface area contributed by atoms with E-state index in [0.717, 1.165) is 10.8 Å². The van der Waals surface area contributed by atoms with Crippen LogP contribution in [0.4, 0.5) is 5.82 Å². The lowest BCUT2D eigenvalue weighted by molar-refractivity contribution is -0.118. The maximum Gasteiger partial charge on any atom is 0.270 e. The van der Waals surface area contributed by atoms with E-state index in [2.05, 4.69) is 15.6 Å². The van der Waals surface area contributed by atoms with Crippen LogP contribution in [0.25, 0.3) is 10.8 Å². The van der Waals surface area contributed by atoms with Gasteiger partial charge in [-0.05, 0) is 11.5 Å². The molecule has 20 heavy (non-hydrogen) atoms. The minimum Gasteiger partial charge on any atom is -0.383 e. The summed E-state index contributed by atoms with van der Waals surface area (Å²) < 4.78 is 0. The molecule has 0 aliphatic rings. The number of nitrogens with two attached hydrogens (primary N) is 1. The van der Waals surface area contributed by atoms with Crippen molar-refractivity contribution >= 4 is 28.4 Å². The molecule has 0 bridgehead atoms. The molecule has 0 radical (unpaired) electrons. The smallest absolute Gasteiger partial charge is 0.270 e. The highest BCUT2D eigenvalue weighted by atomic mass is 16.2. The summed E-state index contributed by atoms with van der Waals surface area (Å²) in [6.07, 6.45) is 0. The summed E-state index contributed by atoms with van der Waals surface area (Å²) in [7, 11) is 0. The quantitative estimate of drug-likeness (QED) is 0.713. The highest BCUT2D eigenvalue weighted by molar-refractivity contribution is 5.99. The molecule has 0 aliphatic heterocycles. The van der Waals surface area contributed by atoms with Crippen molar-refractivity contribution in [3.63, 3.8) is 0 Å². The highest BCUT2D eigenvalue weighted by Crippen LogP contribution is 2.19. The topological polar surface area (TPSA) is 97.1 Å². The lowest BCUT2D eigenvalue weighted by Gasteiger charge is -2.07. The van der Waals surface area contributed by atoms with E-state index in [1.165, 1.54) is 6.92 Å². The second kappa shape index (κ2) is 6.01. The maximum atomic E-state index is 11.9. The first-order valence-corrected chi connectivity index (χ1v) is 6.26. The third-order valence-corrected chi connectivity index (χ3v) is 2.79. The molecule has 2 amide bonds. The van der Waals surface area contributed by atoms with Crippen LogP contribution in [0.3, 0.4) is 0 Å². The number of amides is 2. The van der Waals surface area contributed by atoms with E-state index in [-0.39, 0.29) is 17.5 Å². The number of aromatic nitrogens is 1. The van der Waals surface area contributed by atoms with Crippen molar-refractivity contribution in [1.82, 2.24) is 15.6 Å². The van der Waals surface area contributed by atoms with Gasteiger partial charge < -0.3 is 16.4 Å². The van der Waals surface area contributed by atoms with E-state index in [4.69, 9.17) is 5.73 Å². The standard InChI is InChI=1S/C14H16N4O2/c1-9(19)16-6-7-17-14(20)12-8-10-4-2-3-5-11(10)13(15)18-12/h2-5,8H,6-7H2,1H3,(H2,15,18)(H,16,19)(H,17,20). The van der Waals surface area contributed by atoms with Crippen molar-refractivity contribution in [3.05, 3.63) is 36.0 Å². The van der Waals surface area contributed by atoms with Gasteiger partial charge in [-0.25, -0.2) is 4.98 Å². The van der Waals surface area contributed by atoms with Crippen molar-refractivity contribution < 1.29 is 9.59 Å². The molecule has 0 saturated heterocycles. The number of nitrogens with zero attached hydrogens (tertiary/aromatic N) is 1. The van der Waals surface area contributed by atoms with Crippen molar-refractivity contribution in [3.8, 4) is 0 Å². The first-order chi connectivity index (χ1) is 9.58. The van der Waals surface area contributed by atoms with Gasteiger partial charge in [-0.1, -0.05) is 24.3 Å². The SMILES string of the molecule is CC(=O)NCCNC(=O)c1cc2ccccc2c(N)n1. The van der Waals surface area contributed by atoms with Gasteiger partial charge in [0.05, 0.1) is 0 Å². The number of hydrogen-bond donors (Lipinski definition) is 3. The Balaban J connectivity index is 2.08. The number of carbonyl (C=O) groups excluding carboxylic acids is 2. The van der Waals surface area contributed by atoms with E-state index in [9.17, 15) is 9.59 Å². The highest BCUT2D eigenvalue weighted by Gasteiger charge is 2.10. The third kappa shape index (κ3) is 3.23. The van der Waals surface area contributed by atoms with E-state index in [1.54, 1.807) is 6.07 Å². The first kappa shape index (κ1) is 13.8. The molecule has 0 spiro atoms. The molecule has 0 aliphatic carbocycles. The van der Waals surface area contributed by atoms with Gasteiger partial charge in [-0.3, -0.25) is 9.59 Å². The number of nitrogens with one attached hydrogen (secondary N) is 2. The van der Waals surface area contributed by atoms with Crippen molar-refractivity contribution in [2.75, 3.05) is 18.8 Å². The zero-order chi connectivity index (χ0) is 14.5. The van der Waals surface area contributed by atoms with Crippen LogP contribution < -0.4 is 16.4 Å². The Labute approximate surface area is 116 Å². The maximum absolute atomic E-state index is 11.9. The molecule has 6 nitrogen and oxygen atoms in total. The minimum absolute atomic E-state index is 0.132. The molecule has 4 N–H and O–H groups in total. The van der Waals surface area contributed by atoms with Crippen LogP contribution in [0.15, 0.2) is 30.3 Å². The van der Waals surface area contributed by atoms with Crippen molar-refractivity contribution in [2.45, 2.75) is 6.92 Å². The van der Waals surface area contributed by atoms with Crippen LogP contribution >= 0.6 is 0 Å². The summed E-state index contributed by atoms with van der Waals surface area (Å²) in [6, 6.07) is 9.17. The minimum atomic E-state index is -0.312. The molecule has 1 aromatic carbocycles. The normalized spacial score (nSPS) is 10.2. The Morgan fingerprint density at radius 3 is 2.65 bits per heavy atom. The van der Waals surface area contributed by atoms with Gasteiger partial charge in [-0.2, -0.15) is 0 Å². The summed E-state index contributed by atoms with van der Waals surface area (Å²) in [5.41, 5.74) is 6.11. The van der Waals surface area contributed by atoms with Crippen LogP contribution in [0.1, 0.15) is 17.4 Å². The zero-order valence-electron chi connectivity index (χ0n) is 11.1. The zero-order valence-corrected chi connectivity index (χ0v) is 11.1. The van der Waals surface area contributed by atoms with E-state index in [0.29, 0.717) is 18.9 Å². The Hall–Kier alpha value is -2.63. The Bertz CT molecular complexity index is 655. The predicted molar refractivity (Wildman–Crippen MR) is 77.2 cm³/mol. The fraction of sp³-hybridized carbons (Fsp3) is 0.214. The van der Waals surface area contributed by atoms with Gasteiger partial charge in [0, 0.05) is 25.4 Å². The van der Waals surface area contributed by atoms with Gasteiger partial charge in [-0.15, -0.1) is 0 Å². The summed E-state index contributed by atoms with van der Waals surface area (Å²) in [5, 5.41) is 6.96. The van der Waals surface area contributed by atoms with Crippen molar-refractivity contribution in [1.29, 1.82) is 0 Å². The molecule has 0 fully saturated rings. The number of pyridine rings is 1. The molecule has 0 saturated carbocycles. The predicted octanol–water partition coefficient (Wildman–Crippen LogP) is 0.683. The second-order valence-corrected chi connectivity index (χ2v) is 4.35.